The molecule has 0 saturated heterocycles. The van der Waals surface area contributed by atoms with Gasteiger partial charge in [0.15, 0.2) is 0 Å². The number of aryl methyl sites for hydroxylation is 3. The lowest BCUT2D eigenvalue weighted by molar-refractivity contribution is 0.687. The third-order valence-electron chi connectivity index (χ3n) is 4.18. The smallest absolute Gasteiger partial charge is 0.0178 e. The topological polar surface area (TPSA) is 0 Å². The lowest BCUT2D eigenvalue weighted by Crippen LogP contribution is -2.02. The molecule has 0 N–H and O–H groups in total. The molecule has 0 bridgehead atoms. The highest BCUT2D eigenvalue weighted by Crippen LogP contribution is 2.27. The molecule has 1 aliphatic rings. The number of fused-ring (bicyclic) bond motifs is 2. The molecule has 0 amide bonds. The Morgan fingerprint density at radius 1 is 0.889 bits per heavy atom. The van der Waals surface area contributed by atoms with E-state index in [-0.39, 0.29) is 0 Å². The Morgan fingerprint density at radius 2 is 1.61 bits per heavy atom. The van der Waals surface area contributed by atoms with Gasteiger partial charge in [0, 0.05) is 0 Å². The Labute approximate surface area is 110 Å². The van der Waals surface area contributed by atoms with E-state index in [9.17, 15) is 0 Å². The zero-order valence-electron chi connectivity index (χ0n) is 11.3. The fraction of sp³-hybridized carbons (Fsp3) is 0.444. The van der Waals surface area contributed by atoms with Crippen molar-refractivity contribution in [3.8, 4) is 0 Å². The zero-order valence-corrected chi connectivity index (χ0v) is 11.3. The van der Waals surface area contributed by atoms with Gasteiger partial charge in [0.05, 0.1) is 0 Å². The SMILES string of the molecule is CCCCc1ccc2cc3c(cc2c1)CCCC3. The molecule has 0 aliphatic heterocycles. The summed E-state index contributed by atoms with van der Waals surface area (Å²) < 4.78 is 0. The predicted octanol–water partition coefficient (Wildman–Crippen LogP) is 5.06. The van der Waals surface area contributed by atoms with Crippen molar-refractivity contribution in [2.75, 3.05) is 0 Å². The van der Waals surface area contributed by atoms with Crippen molar-refractivity contribution in [3.05, 3.63) is 47.0 Å². The normalized spacial score (nSPS) is 14.7. The highest BCUT2D eigenvalue weighted by Gasteiger charge is 2.10. The molecule has 0 fully saturated rings. The highest BCUT2D eigenvalue weighted by molar-refractivity contribution is 5.85. The highest BCUT2D eigenvalue weighted by atomic mass is 14.1. The maximum Gasteiger partial charge on any atom is -0.0178 e. The van der Waals surface area contributed by atoms with Gasteiger partial charge in [-0.1, -0.05) is 43.7 Å². The number of unbranched alkanes of at least 4 members (excludes halogenated alkanes) is 1. The van der Waals surface area contributed by atoms with Crippen LogP contribution in [0.15, 0.2) is 30.3 Å². The monoisotopic (exact) mass is 238 g/mol. The zero-order chi connectivity index (χ0) is 12.4. The molecule has 0 unspecified atom stereocenters. The van der Waals surface area contributed by atoms with Crippen LogP contribution in [0.4, 0.5) is 0 Å². The molecule has 0 radical (unpaired) electrons. The van der Waals surface area contributed by atoms with E-state index in [1.165, 1.54) is 61.3 Å². The summed E-state index contributed by atoms with van der Waals surface area (Å²) in [7, 11) is 0. The van der Waals surface area contributed by atoms with Crippen molar-refractivity contribution in [1.82, 2.24) is 0 Å². The van der Waals surface area contributed by atoms with E-state index in [0.29, 0.717) is 0 Å². The third-order valence-corrected chi connectivity index (χ3v) is 4.18. The first kappa shape index (κ1) is 11.8. The number of hydrogen-bond donors (Lipinski definition) is 0. The first-order valence-corrected chi connectivity index (χ1v) is 7.41. The summed E-state index contributed by atoms with van der Waals surface area (Å²) in [6, 6.07) is 11.9. The minimum Gasteiger partial charge on any atom is -0.0654 e. The fourth-order valence-corrected chi connectivity index (χ4v) is 3.07. The van der Waals surface area contributed by atoms with Crippen LogP contribution in [-0.2, 0) is 19.3 Å². The van der Waals surface area contributed by atoms with Crippen molar-refractivity contribution in [2.24, 2.45) is 0 Å². The molecule has 2 aromatic rings. The molecular formula is C18H22. The molecule has 0 aromatic heterocycles. The lowest BCUT2D eigenvalue weighted by Gasteiger charge is -2.16. The van der Waals surface area contributed by atoms with E-state index < -0.39 is 0 Å². The Kier molecular flexibility index (Phi) is 3.36. The largest absolute Gasteiger partial charge is 0.0654 e. The van der Waals surface area contributed by atoms with Crippen molar-refractivity contribution < 1.29 is 0 Å². The van der Waals surface area contributed by atoms with Gasteiger partial charge >= 0.3 is 0 Å². The van der Waals surface area contributed by atoms with Gasteiger partial charge < -0.3 is 0 Å². The van der Waals surface area contributed by atoms with Crippen molar-refractivity contribution >= 4 is 10.8 Å². The first-order valence-electron chi connectivity index (χ1n) is 7.41. The summed E-state index contributed by atoms with van der Waals surface area (Å²) in [5.74, 6) is 0. The Hall–Kier alpha value is -1.30. The standard InChI is InChI=1S/C18H22/c1-2-3-6-14-9-10-17-12-15-7-4-5-8-16(15)13-18(17)11-14/h9-13H,2-8H2,1H3. The van der Waals surface area contributed by atoms with E-state index in [2.05, 4.69) is 37.3 Å². The van der Waals surface area contributed by atoms with Crippen LogP contribution < -0.4 is 0 Å². The van der Waals surface area contributed by atoms with Crippen LogP contribution in [-0.4, -0.2) is 0 Å². The predicted molar refractivity (Wildman–Crippen MR) is 79.2 cm³/mol. The van der Waals surface area contributed by atoms with Gasteiger partial charge in [-0.15, -0.1) is 0 Å². The van der Waals surface area contributed by atoms with E-state index in [1.54, 1.807) is 11.1 Å². The molecule has 0 saturated carbocycles. The van der Waals surface area contributed by atoms with Crippen molar-refractivity contribution in [3.63, 3.8) is 0 Å². The van der Waals surface area contributed by atoms with Crippen LogP contribution >= 0.6 is 0 Å². The molecule has 1 aliphatic carbocycles. The second-order valence-electron chi connectivity index (χ2n) is 5.61. The van der Waals surface area contributed by atoms with E-state index in [0.717, 1.165) is 0 Å². The maximum atomic E-state index is 2.44. The summed E-state index contributed by atoms with van der Waals surface area (Å²) in [6.07, 6.45) is 9.11. The fourth-order valence-electron chi connectivity index (χ4n) is 3.07. The first-order chi connectivity index (χ1) is 8.86. The molecule has 3 rings (SSSR count). The van der Waals surface area contributed by atoms with Gasteiger partial charge in [0.25, 0.3) is 0 Å². The quantitative estimate of drug-likeness (QED) is 0.701. The Balaban J connectivity index is 1.99. The molecular weight excluding hydrogens is 216 g/mol. The van der Waals surface area contributed by atoms with E-state index in [1.807, 2.05) is 0 Å². The minimum absolute atomic E-state index is 1.23. The van der Waals surface area contributed by atoms with Crippen LogP contribution in [0.1, 0.15) is 49.3 Å². The summed E-state index contributed by atoms with van der Waals surface area (Å²) in [6.45, 7) is 2.26. The summed E-state index contributed by atoms with van der Waals surface area (Å²) in [5, 5.41) is 2.88. The van der Waals surface area contributed by atoms with Gasteiger partial charge in [-0.2, -0.15) is 0 Å². The molecule has 0 heterocycles. The second-order valence-corrected chi connectivity index (χ2v) is 5.61. The molecule has 0 spiro atoms. The number of rotatable bonds is 3. The third kappa shape index (κ3) is 2.29. The average molecular weight is 238 g/mol. The van der Waals surface area contributed by atoms with Crippen LogP contribution in [0.5, 0.6) is 0 Å². The molecule has 0 nitrogen and oxygen atoms in total. The number of benzene rings is 2. The van der Waals surface area contributed by atoms with E-state index in [4.69, 9.17) is 0 Å². The molecule has 18 heavy (non-hydrogen) atoms. The molecule has 0 atom stereocenters. The maximum absolute atomic E-state index is 2.44. The van der Waals surface area contributed by atoms with Crippen LogP contribution in [0.2, 0.25) is 0 Å². The van der Waals surface area contributed by atoms with Gasteiger partial charge in [-0.3, -0.25) is 0 Å². The minimum atomic E-state index is 1.23. The van der Waals surface area contributed by atoms with Gasteiger partial charge in [-0.05, 0) is 66.0 Å². The Bertz CT molecular complexity index is 551. The van der Waals surface area contributed by atoms with Crippen LogP contribution in [0.25, 0.3) is 10.8 Å². The van der Waals surface area contributed by atoms with Crippen LogP contribution in [0, 0.1) is 0 Å². The second kappa shape index (κ2) is 5.14. The molecule has 94 valence electrons. The summed E-state index contributed by atoms with van der Waals surface area (Å²) in [5.41, 5.74) is 4.69. The van der Waals surface area contributed by atoms with Crippen LogP contribution in [0.3, 0.4) is 0 Å². The number of hydrogen-bond acceptors (Lipinski definition) is 0. The average Bonchev–Trinajstić information content (AvgIpc) is 2.42. The van der Waals surface area contributed by atoms with Crippen molar-refractivity contribution in [1.29, 1.82) is 0 Å². The molecule has 0 heteroatoms. The van der Waals surface area contributed by atoms with E-state index >= 15 is 0 Å². The molecule has 2 aromatic carbocycles. The van der Waals surface area contributed by atoms with Gasteiger partial charge in [0.1, 0.15) is 0 Å². The summed E-state index contributed by atoms with van der Waals surface area (Å²) >= 11 is 0. The van der Waals surface area contributed by atoms with Gasteiger partial charge in [-0.25, -0.2) is 0 Å². The summed E-state index contributed by atoms with van der Waals surface area (Å²) in [4.78, 5) is 0. The Morgan fingerprint density at radius 3 is 2.33 bits per heavy atom. The van der Waals surface area contributed by atoms with Crippen molar-refractivity contribution in [2.45, 2.75) is 51.9 Å². The lowest BCUT2D eigenvalue weighted by atomic mass is 9.89. The van der Waals surface area contributed by atoms with Gasteiger partial charge in [0.2, 0.25) is 0 Å².